The van der Waals surface area contributed by atoms with Crippen LogP contribution in [0.15, 0.2) is 58.3 Å². The molecule has 0 amide bonds. The topological polar surface area (TPSA) is 72.8 Å². The van der Waals surface area contributed by atoms with E-state index in [-0.39, 0.29) is 23.2 Å². The van der Waals surface area contributed by atoms with E-state index in [9.17, 15) is 8.42 Å². The third-order valence-electron chi connectivity index (χ3n) is 5.08. The van der Waals surface area contributed by atoms with Crippen LogP contribution in [0, 0.1) is 0 Å². The average Bonchev–Trinajstić information content (AvgIpc) is 2.77. The molecule has 0 aromatic heterocycles. The van der Waals surface area contributed by atoms with E-state index in [0.29, 0.717) is 5.75 Å². The lowest BCUT2D eigenvalue weighted by molar-refractivity contribution is 0.0482. The predicted molar refractivity (Wildman–Crippen MR) is 119 cm³/mol. The molecule has 0 heterocycles. The fourth-order valence-corrected chi connectivity index (χ4v) is 4.93. The SMILES string of the molecule is COCOc1c(CCCCCCCCCCO)cccc1S(=O)(=O)c1ccccc1. The Labute approximate surface area is 181 Å². The number of benzene rings is 2. The van der Waals surface area contributed by atoms with Crippen LogP contribution in [0.5, 0.6) is 5.75 Å². The van der Waals surface area contributed by atoms with Gasteiger partial charge in [-0.15, -0.1) is 0 Å². The molecule has 0 bridgehead atoms. The second kappa shape index (κ2) is 13.4. The standard InChI is InChI=1S/C24H34O5S/c1-28-20-29-24-21(14-9-6-4-2-3-5-7-12-19-25)15-13-18-23(24)30(26,27)22-16-10-8-11-17-22/h8,10-11,13,15-18,25H,2-7,9,12,14,19-20H2,1H3. The molecule has 0 fully saturated rings. The summed E-state index contributed by atoms with van der Waals surface area (Å²) in [4.78, 5) is 0.442. The number of hydrogen-bond acceptors (Lipinski definition) is 5. The number of ether oxygens (including phenoxy) is 2. The Bertz CT molecular complexity index is 834. The van der Waals surface area contributed by atoms with Crippen molar-refractivity contribution in [2.75, 3.05) is 20.5 Å². The van der Waals surface area contributed by atoms with Gasteiger partial charge in [0.05, 0.1) is 4.90 Å². The molecule has 0 radical (unpaired) electrons. The minimum Gasteiger partial charge on any atom is -0.466 e. The molecule has 0 aliphatic carbocycles. The maximum absolute atomic E-state index is 13.2. The summed E-state index contributed by atoms with van der Waals surface area (Å²) in [6, 6.07) is 13.8. The summed E-state index contributed by atoms with van der Waals surface area (Å²) in [7, 11) is -2.15. The van der Waals surface area contributed by atoms with Crippen molar-refractivity contribution >= 4 is 9.84 Å². The van der Waals surface area contributed by atoms with Crippen molar-refractivity contribution in [2.24, 2.45) is 0 Å². The molecule has 6 heteroatoms. The summed E-state index contributed by atoms with van der Waals surface area (Å²) in [5.74, 6) is 0.396. The molecule has 0 unspecified atom stereocenters. The van der Waals surface area contributed by atoms with Crippen molar-refractivity contribution in [1.29, 1.82) is 0 Å². The number of rotatable bonds is 15. The second-order valence-electron chi connectivity index (χ2n) is 7.41. The largest absolute Gasteiger partial charge is 0.466 e. The van der Waals surface area contributed by atoms with E-state index < -0.39 is 9.84 Å². The maximum Gasteiger partial charge on any atom is 0.210 e. The maximum atomic E-state index is 13.2. The number of hydrogen-bond donors (Lipinski definition) is 1. The van der Waals surface area contributed by atoms with Crippen molar-refractivity contribution in [1.82, 2.24) is 0 Å². The molecule has 2 aromatic rings. The van der Waals surface area contributed by atoms with Crippen molar-refractivity contribution in [2.45, 2.75) is 67.6 Å². The van der Waals surface area contributed by atoms with Gasteiger partial charge in [0.1, 0.15) is 10.6 Å². The molecule has 0 aliphatic rings. The smallest absolute Gasteiger partial charge is 0.210 e. The van der Waals surface area contributed by atoms with Gasteiger partial charge < -0.3 is 14.6 Å². The molecule has 30 heavy (non-hydrogen) atoms. The van der Waals surface area contributed by atoms with E-state index in [0.717, 1.165) is 44.1 Å². The van der Waals surface area contributed by atoms with Crippen LogP contribution >= 0.6 is 0 Å². The zero-order valence-electron chi connectivity index (χ0n) is 17.9. The Hall–Kier alpha value is -1.89. The number of aryl methyl sites for hydroxylation is 1. The summed E-state index contributed by atoms with van der Waals surface area (Å²) >= 11 is 0. The zero-order chi connectivity index (χ0) is 21.7. The van der Waals surface area contributed by atoms with Crippen LogP contribution in [0.4, 0.5) is 0 Å². The quantitative estimate of drug-likeness (QED) is 0.310. The number of aliphatic hydroxyl groups is 1. The first-order valence-corrected chi connectivity index (χ1v) is 12.2. The fourth-order valence-electron chi connectivity index (χ4n) is 3.47. The molecule has 2 rings (SSSR count). The molecule has 0 spiro atoms. The van der Waals surface area contributed by atoms with Gasteiger partial charge in [-0.25, -0.2) is 8.42 Å². The Balaban J connectivity index is 2.03. The van der Waals surface area contributed by atoms with Crippen LogP contribution in [0.25, 0.3) is 0 Å². The summed E-state index contributed by atoms with van der Waals surface area (Å²) < 4.78 is 37.1. The summed E-state index contributed by atoms with van der Waals surface area (Å²) in [5.41, 5.74) is 0.895. The minimum absolute atomic E-state index is 0.00215. The van der Waals surface area contributed by atoms with Crippen LogP contribution in [0.2, 0.25) is 0 Å². The molecular formula is C24H34O5S. The van der Waals surface area contributed by atoms with Gasteiger partial charge in [0, 0.05) is 13.7 Å². The highest BCUT2D eigenvalue weighted by atomic mass is 32.2. The number of methoxy groups -OCH3 is 1. The highest BCUT2D eigenvalue weighted by Crippen LogP contribution is 2.33. The lowest BCUT2D eigenvalue weighted by Crippen LogP contribution is -2.09. The molecule has 0 saturated carbocycles. The summed E-state index contributed by atoms with van der Waals surface area (Å²) in [6.45, 7) is 0.286. The Kier molecular flexibility index (Phi) is 10.9. The van der Waals surface area contributed by atoms with Gasteiger partial charge in [0.2, 0.25) is 9.84 Å². The average molecular weight is 435 g/mol. The third kappa shape index (κ3) is 7.42. The highest BCUT2D eigenvalue weighted by Gasteiger charge is 2.24. The number of sulfone groups is 1. The van der Waals surface area contributed by atoms with E-state index in [1.54, 1.807) is 42.5 Å². The van der Waals surface area contributed by atoms with Crippen LogP contribution in [-0.2, 0) is 21.0 Å². The van der Waals surface area contributed by atoms with E-state index in [1.165, 1.54) is 26.4 Å². The second-order valence-corrected chi connectivity index (χ2v) is 9.33. The first-order chi connectivity index (χ1) is 14.6. The van der Waals surface area contributed by atoms with Crippen LogP contribution in [0.3, 0.4) is 0 Å². The Morgan fingerprint density at radius 2 is 1.43 bits per heavy atom. The third-order valence-corrected chi connectivity index (χ3v) is 6.87. The molecular weight excluding hydrogens is 400 g/mol. The minimum atomic E-state index is -3.67. The Morgan fingerprint density at radius 3 is 2.07 bits per heavy atom. The van der Waals surface area contributed by atoms with E-state index in [4.69, 9.17) is 14.6 Å². The highest BCUT2D eigenvalue weighted by molar-refractivity contribution is 7.91. The lowest BCUT2D eigenvalue weighted by Gasteiger charge is -2.16. The van der Waals surface area contributed by atoms with E-state index in [2.05, 4.69) is 0 Å². The normalized spacial score (nSPS) is 11.5. The molecule has 166 valence electrons. The van der Waals surface area contributed by atoms with Gasteiger partial charge in [0.25, 0.3) is 0 Å². The first-order valence-electron chi connectivity index (χ1n) is 10.8. The van der Waals surface area contributed by atoms with Gasteiger partial charge >= 0.3 is 0 Å². The monoisotopic (exact) mass is 434 g/mol. The van der Waals surface area contributed by atoms with Gasteiger partial charge in [0.15, 0.2) is 6.79 Å². The van der Waals surface area contributed by atoms with Crippen molar-refractivity contribution in [3.8, 4) is 5.75 Å². The number of unbranched alkanes of at least 4 members (excludes halogenated alkanes) is 7. The molecule has 1 N–H and O–H groups in total. The van der Waals surface area contributed by atoms with Crippen molar-refractivity contribution in [3.05, 3.63) is 54.1 Å². The zero-order valence-corrected chi connectivity index (χ0v) is 18.7. The summed E-state index contributed by atoms with van der Waals surface area (Å²) in [6.07, 6.45) is 9.57. The molecule has 2 aromatic carbocycles. The first kappa shape index (κ1) is 24.4. The van der Waals surface area contributed by atoms with Crippen LogP contribution in [-0.4, -0.2) is 34.0 Å². The van der Waals surface area contributed by atoms with Gasteiger partial charge in [-0.3, -0.25) is 0 Å². The van der Waals surface area contributed by atoms with E-state index >= 15 is 0 Å². The fraction of sp³-hybridized carbons (Fsp3) is 0.500. The van der Waals surface area contributed by atoms with Crippen LogP contribution < -0.4 is 4.74 Å². The van der Waals surface area contributed by atoms with Crippen molar-refractivity contribution < 1.29 is 23.0 Å². The lowest BCUT2D eigenvalue weighted by atomic mass is 10.0. The van der Waals surface area contributed by atoms with Crippen molar-refractivity contribution in [3.63, 3.8) is 0 Å². The van der Waals surface area contributed by atoms with Gasteiger partial charge in [-0.2, -0.15) is 0 Å². The number of aliphatic hydroxyl groups excluding tert-OH is 1. The molecule has 5 nitrogen and oxygen atoms in total. The number of para-hydroxylation sites is 1. The summed E-state index contributed by atoms with van der Waals surface area (Å²) in [5, 5.41) is 8.80. The van der Waals surface area contributed by atoms with E-state index in [1.807, 2.05) is 6.07 Å². The van der Waals surface area contributed by atoms with Crippen LogP contribution in [0.1, 0.15) is 56.9 Å². The predicted octanol–water partition coefficient (Wildman–Crippen LogP) is 5.16. The van der Waals surface area contributed by atoms with Gasteiger partial charge in [-0.1, -0.05) is 68.9 Å². The molecule has 0 aliphatic heterocycles. The molecule has 0 saturated heterocycles. The van der Waals surface area contributed by atoms with Gasteiger partial charge in [-0.05, 0) is 43.0 Å². The Morgan fingerprint density at radius 1 is 0.800 bits per heavy atom. The molecule has 0 atom stereocenters.